The van der Waals surface area contributed by atoms with Crippen LogP contribution in [0.15, 0.2) is 5.10 Å². The summed E-state index contributed by atoms with van der Waals surface area (Å²) in [6, 6.07) is -0.480. The number of hydrogen-bond acceptors (Lipinski definition) is 4. The van der Waals surface area contributed by atoms with Crippen molar-refractivity contribution in [3.8, 4) is 0 Å². The molecule has 0 heterocycles. The van der Waals surface area contributed by atoms with Crippen LogP contribution in [0, 0.1) is 0 Å². The van der Waals surface area contributed by atoms with Crippen molar-refractivity contribution in [1.82, 2.24) is 16.3 Å². The SMILES string of the molecule is C=NNC(=O)NNCOC. The molecule has 0 spiro atoms. The lowest BCUT2D eigenvalue weighted by Gasteiger charge is -2.03. The molecule has 0 bridgehead atoms. The van der Waals surface area contributed by atoms with E-state index in [2.05, 4.69) is 32.8 Å². The van der Waals surface area contributed by atoms with Crippen molar-refractivity contribution < 1.29 is 9.53 Å². The summed E-state index contributed by atoms with van der Waals surface area (Å²) in [6.45, 7) is 3.29. The Morgan fingerprint density at radius 3 is 3.00 bits per heavy atom. The molecule has 0 aromatic heterocycles. The number of nitrogens with zero attached hydrogens (tertiary/aromatic N) is 1. The van der Waals surface area contributed by atoms with Crippen LogP contribution in [0.25, 0.3) is 0 Å². The summed E-state index contributed by atoms with van der Waals surface area (Å²) >= 11 is 0. The molecule has 0 radical (unpaired) electrons. The maximum absolute atomic E-state index is 10.4. The first-order valence-corrected chi connectivity index (χ1v) is 2.54. The van der Waals surface area contributed by atoms with Crippen LogP contribution in [0.1, 0.15) is 0 Å². The summed E-state index contributed by atoms with van der Waals surface area (Å²) in [5.41, 5.74) is 6.72. The molecule has 0 aromatic carbocycles. The second-order valence-corrected chi connectivity index (χ2v) is 1.33. The van der Waals surface area contributed by atoms with Gasteiger partial charge in [-0.05, 0) is 0 Å². The molecule has 6 heteroatoms. The predicted molar refractivity (Wildman–Crippen MR) is 36.2 cm³/mol. The fraction of sp³-hybridized carbons (Fsp3) is 0.500. The van der Waals surface area contributed by atoms with Crippen molar-refractivity contribution in [3.05, 3.63) is 0 Å². The first-order chi connectivity index (χ1) is 4.81. The number of rotatable bonds is 4. The second kappa shape index (κ2) is 5.99. The van der Waals surface area contributed by atoms with Crippen LogP contribution >= 0.6 is 0 Å². The van der Waals surface area contributed by atoms with E-state index in [1.165, 1.54) is 7.11 Å². The van der Waals surface area contributed by atoms with Crippen molar-refractivity contribution >= 4 is 12.7 Å². The molecule has 0 aliphatic heterocycles. The van der Waals surface area contributed by atoms with Gasteiger partial charge < -0.3 is 4.74 Å². The zero-order valence-corrected chi connectivity index (χ0v) is 5.68. The second-order valence-electron chi connectivity index (χ2n) is 1.33. The fourth-order valence-corrected chi connectivity index (χ4v) is 0.288. The number of methoxy groups -OCH3 is 1. The van der Waals surface area contributed by atoms with Gasteiger partial charge in [0.2, 0.25) is 0 Å². The summed E-state index contributed by atoms with van der Waals surface area (Å²) < 4.78 is 4.57. The topological polar surface area (TPSA) is 74.8 Å². The molecule has 2 amide bonds. The summed E-state index contributed by atoms with van der Waals surface area (Å²) in [6.07, 6.45) is 0. The molecule has 10 heavy (non-hydrogen) atoms. The molecule has 0 aliphatic rings. The fourth-order valence-electron chi connectivity index (χ4n) is 0.288. The summed E-state index contributed by atoms with van der Waals surface area (Å²) in [5, 5.41) is 3.12. The van der Waals surface area contributed by atoms with Gasteiger partial charge in [0, 0.05) is 13.8 Å². The summed E-state index contributed by atoms with van der Waals surface area (Å²) in [5.74, 6) is 0. The molecule has 0 aromatic rings. The minimum atomic E-state index is -0.480. The Morgan fingerprint density at radius 2 is 2.50 bits per heavy atom. The van der Waals surface area contributed by atoms with E-state index in [0.717, 1.165) is 0 Å². The molecule has 0 fully saturated rings. The van der Waals surface area contributed by atoms with Crippen LogP contribution in [0.5, 0.6) is 0 Å². The number of amides is 2. The number of hydrazine groups is 1. The van der Waals surface area contributed by atoms with Crippen LogP contribution in [-0.2, 0) is 4.74 Å². The third-order valence-corrected chi connectivity index (χ3v) is 0.599. The monoisotopic (exact) mass is 146 g/mol. The van der Waals surface area contributed by atoms with Gasteiger partial charge in [-0.2, -0.15) is 5.10 Å². The average molecular weight is 146 g/mol. The van der Waals surface area contributed by atoms with Gasteiger partial charge in [0.05, 0.1) is 0 Å². The third kappa shape index (κ3) is 5.01. The van der Waals surface area contributed by atoms with E-state index in [0.29, 0.717) is 0 Å². The molecule has 0 saturated heterocycles. The minimum absolute atomic E-state index is 0.241. The van der Waals surface area contributed by atoms with Gasteiger partial charge in [0.1, 0.15) is 6.73 Å². The molecule has 0 unspecified atom stereocenters. The third-order valence-electron chi connectivity index (χ3n) is 0.599. The zero-order valence-electron chi connectivity index (χ0n) is 5.68. The molecule has 0 rings (SSSR count). The molecule has 0 atom stereocenters. The van der Waals surface area contributed by atoms with Crippen LogP contribution in [0.3, 0.4) is 0 Å². The summed E-state index contributed by atoms with van der Waals surface area (Å²) in [7, 11) is 1.50. The van der Waals surface area contributed by atoms with E-state index < -0.39 is 6.03 Å². The molecule has 0 saturated carbocycles. The Balaban J connectivity index is 3.13. The van der Waals surface area contributed by atoms with Crippen molar-refractivity contribution in [3.63, 3.8) is 0 Å². The van der Waals surface area contributed by atoms with Crippen molar-refractivity contribution in [2.75, 3.05) is 13.8 Å². The number of hydrazone groups is 1. The van der Waals surface area contributed by atoms with E-state index in [9.17, 15) is 4.79 Å². The maximum atomic E-state index is 10.4. The highest BCUT2D eigenvalue weighted by Crippen LogP contribution is 1.59. The Labute approximate surface area is 58.6 Å². The number of hydrogen-bond donors (Lipinski definition) is 3. The smallest absolute Gasteiger partial charge is 0.349 e. The Hall–Kier alpha value is -1.14. The molecule has 0 aliphatic carbocycles. The van der Waals surface area contributed by atoms with Gasteiger partial charge in [-0.25, -0.2) is 15.6 Å². The Bertz CT molecular complexity index is 116. The maximum Gasteiger partial charge on any atom is 0.349 e. The van der Waals surface area contributed by atoms with Crippen molar-refractivity contribution in [2.45, 2.75) is 0 Å². The number of ether oxygens (including phenoxy) is 1. The van der Waals surface area contributed by atoms with Crippen LogP contribution in [-0.4, -0.2) is 26.6 Å². The molecule has 6 nitrogen and oxygen atoms in total. The van der Waals surface area contributed by atoms with Crippen LogP contribution in [0.2, 0.25) is 0 Å². The first-order valence-electron chi connectivity index (χ1n) is 2.54. The van der Waals surface area contributed by atoms with E-state index in [1.54, 1.807) is 0 Å². The predicted octanol–water partition coefficient (Wildman–Crippen LogP) is -0.990. The normalized spacial score (nSPS) is 8.50. The highest BCUT2D eigenvalue weighted by atomic mass is 16.5. The van der Waals surface area contributed by atoms with E-state index in [1.807, 2.05) is 0 Å². The lowest BCUT2D eigenvalue weighted by molar-refractivity contribution is 0.161. The lowest BCUT2D eigenvalue weighted by Crippen LogP contribution is -2.43. The number of nitrogens with one attached hydrogen (secondary N) is 3. The standard InChI is InChI=1S/C4H10N4O2/c1-5-7-4(9)8-6-3-10-2/h6H,1,3H2,2H3,(H2,7,8,9). The van der Waals surface area contributed by atoms with Gasteiger partial charge in [-0.15, -0.1) is 0 Å². The highest BCUT2D eigenvalue weighted by Gasteiger charge is 1.92. The molecule has 58 valence electrons. The van der Waals surface area contributed by atoms with E-state index in [-0.39, 0.29) is 6.73 Å². The Kier molecular flexibility index (Phi) is 5.30. The van der Waals surface area contributed by atoms with Crippen LogP contribution < -0.4 is 16.3 Å². The van der Waals surface area contributed by atoms with Gasteiger partial charge in [0.25, 0.3) is 0 Å². The molecule has 3 N–H and O–H groups in total. The van der Waals surface area contributed by atoms with E-state index in [4.69, 9.17) is 0 Å². The Morgan fingerprint density at radius 1 is 1.80 bits per heavy atom. The zero-order chi connectivity index (χ0) is 7.82. The number of urea groups is 1. The van der Waals surface area contributed by atoms with E-state index >= 15 is 0 Å². The first kappa shape index (κ1) is 8.86. The number of carbonyl (C=O) groups is 1. The quantitative estimate of drug-likeness (QED) is 0.206. The highest BCUT2D eigenvalue weighted by molar-refractivity contribution is 5.73. The lowest BCUT2D eigenvalue weighted by atomic mass is 11.1. The molecular weight excluding hydrogens is 136 g/mol. The van der Waals surface area contributed by atoms with Crippen molar-refractivity contribution in [1.29, 1.82) is 0 Å². The average Bonchev–Trinajstić information content (AvgIpc) is 1.89. The van der Waals surface area contributed by atoms with Crippen molar-refractivity contribution in [2.24, 2.45) is 5.10 Å². The van der Waals surface area contributed by atoms with Gasteiger partial charge >= 0.3 is 6.03 Å². The minimum Gasteiger partial charge on any atom is -0.368 e. The number of carbonyl (C=O) groups excluding carboxylic acids is 1. The van der Waals surface area contributed by atoms with Gasteiger partial charge in [-0.3, -0.25) is 5.43 Å². The summed E-state index contributed by atoms with van der Waals surface area (Å²) in [4.78, 5) is 10.4. The largest absolute Gasteiger partial charge is 0.368 e. The van der Waals surface area contributed by atoms with Gasteiger partial charge in [-0.1, -0.05) is 0 Å². The van der Waals surface area contributed by atoms with Crippen LogP contribution in [0.4, 0.5) is 4.79 Å². The molecular formula is C4H10N4O2. The van der Waals surface area contributed by atoms with Gasteiger partial charge in [0.15, 0.2) is 0 Å².